The van der Waals surface area contributed by atoms with Crippen LogP contribution in [0.1, 0.15) is 113 Å². The number of nitrogens with zero attached hydrogens (tertiary/aromatic N) is 2. The predicted molar refractivity (Wildman–Crippen MR) is 220 cm³/mol. The zero-order chi connectivity index (χ0) is 37.0. The van der Waals surface area contributed by atoms with E-state index in [1.165, 1.54) is 32.0 Å². The number of rotatable bonds is 11. The molecular weight excluding hydrogens is 865 g/mol. The first-order valence-corrected chi connectivity index (χ1v) is 20.2. The Morgan fingerprint density at radius 1 is 0.922 bits per heavy atom. The van der Waals surface area contributed by atoms with Crippen LogP contribution in [-0.2, 0) is 36.7 Å². The van der Waals surface area contributed by atoms with Gasteiger partial charge in [-0.25, -0.2) is 4.98 Å². The Morgan fingerprint density at radius 3 is 2.14 bits per heavy atom. The number of benzene rings is 2. The Kier molecular flexibility index (Phi) is 14.9. The Hall–Kier alpha value is -2.35. The van der Waals surface area contributed by atoms with Crippen LogP contribution in [0.5, 0.6) is 0 Å². The van der Waals surface area contributed by atoms with E-state index in [1.54, 1.807) is 17.7 Å². The van der Waals surface area contributed by atoms with E-state index in [0.29, 0.717) is 5.92 Å². The average Bonchev–Trinajstić information content (AvgIpc) is 3.73. The predicted octanol–water partition coefficient (Wildman–Crippen LogP) is 13.5. The molecule has 0 atom stereocenters. The second-order valence-corrected chi connectivity index (χ2v) is 17.7. The summed E-state index contributed by atoms with van der Waals surface area (Å²) in [4.78, 5) is 22.3. The largest absolute Gasteiger partial charge is 0.512 e. The Labute approximate surface area is 333 Å². The number of ketones is 1. The van der Waals surface area contributed by atoms with Gasteiger partial charge < -0.3 is 5.11 Å². The van der Waals surface area contributed by atoms with Gasteiger partial charge in [0.25, 0.3) is 0 Å². The van der Waals surface area contributed by atoms with Crippen LogP contribution in [0.15, 0.2) is 64.1 Å². The van der Waals surface area contributed by atoms with Gasteiger partial charge in [0, 0.05) is 57.9 Å². The summed E-state index contributed by atoms with van der Waals surface area (Å²) >= 11 is 8.53. The number of thiol groups is 1. The molecule has 2 aromatic carbocycles. The SMILES string of the molecule is CC(C)Cc1csc2ccc(-c3ncnc(-c4[c-]c5ccsc5c(C(C)(C)C)c4)c3S)cc12.CCC(C)(CC)C(=O)/C=C(\O)C(C)(CC)CC.[Ir]. The second-order valence-electron chi connectivity index (χ2n) is 15.4. The van der Waals surface area contributed by atoms with Crippen LogP contribution in [0.3, 0.4) is 0 Å². The van der Waals surface area contributed by atoms with Crippen molar-refractivity contribution in [3.63, 3.8) is 0 Å². The molecule has 1 N–H and O–H groups in total. The number of hydrogen-bond acceptors (Lipinski definition) is 7. The maximum Gasteiger partial charge on any atom is 0.164 e. The molecule has 5 rings (SSSR count). The van der Waals surface area contributed by atoms with Gasteiger partial charge in [-0.1, -0.05) is 93.4 Å². The van der Waals surface area contributed by atoms with Gasteiger partial charge in [-0.2, -0.15) is 11.3 Å². The van der Waals surface area contributed by atoms with Crippen LogP contribution in [0, 0.1) is 22.8 Å². The van der Waals surface area contributed by atoms with Gasteiger partial charge in [0.15, 0.2) is 5.78 Å². The molecule has 0 unspecified atom stereocenters. The molecule has 1 radical (unpaired) electrons. The Morgan fingerprint density at radius 2 is 1.55 bits per heavy atom. The van der Waals surface area contributed by atoms with Gasteiger partial charge in [-0.3, -0.25) is 9.78 Å². The smallest absolute Gasteiger partial charge is 0.164 e. The summed E-state index contributed by atoms with van der Waals surface area (Å²) in [5.74, 6) is 0.908. The fraction of sp³-hybridized carbons (Fsp3) is 0.465. The van der Waals surface area contributed by atoms with E-state index in [-0.39, 0.29) is 47.9 Å². The summed E-state index contributed by atoms with van der Waals surface area (Å²) in [5.41, 5.74) is 5.88. The topological polar surface area (TPSA) is 63.1 Å². The normalized spacial score (nSPS) is 12.6. The van der Waals surface area contributed by atoms with E-state index in [2.05, 4.69) is 91.7 Å². The quantitative estimate of drug-likeness (QED) is 0.0600. The van der Waals surface area contributed by atoms with E-state index in [1.807, 2.05) is 52.9 Å². The molecule has 3 heterocycles. The van der Waals surface area contributed by atoms with Crippen LogP contribution in [0.2, 0.25) is 0 Å². The zero-order valence-electron chi connectivity index (χ0n) is 32.2. The Balaban J connectivity index is 0.000000335. The van der Waals surface area contributed by atoms with Crippen molar-refractivity contribution >= 4 is 61.3 Å². The number of aromatic nitrogens is 2. The number of fused-ring (bicyclic) bond motifs is 2. The minimum Gasteiger partial charge on any atom is -0.512 e. The third-order valence-corrected chi connectivity index (χ3v) is 12.9. The number of aliphatic hydroxyl groups is 1. The van der Waals surface area contributed by atoms with E-state index >= 15 is 0 Å². The van der Waals surface area contributed by atoms with E-state index in [9.17, 15) is 9.90 Å². The van der Waals surface area contributed by atoms with Crippen molar-refractivity contribution in [2.45, 2.75) is 119 Å². The van der Waals surface area contributed by atoms with Crippen LogP contribution < -0.4 is 0 Å². The van der Waals surface area contributed by atoms with Crippen molar-refractivity contribution in [2.24, 2.45) is 16.7 Å². The van der Waals surface area contributed by atoms with E-state index in [0.717, 1.165) is 64.9 Å². The standard InChI is InChI=1S/C28H27N2S3.C15H28O2.Ir/c1-16(2)10-20-14-33-23-7-6-17(12-21(20)23)24-26(31)25(30-15-29-24)19-11-18-8-9-32-27(18)22(13-19)28(3,4)5;1-7-14(5,8-2)12(16)11-13(17)15(6,9-3)10-4;/h6-9,12-16,31H,10H2,1-5H3;11,16H,7-10H2,1-6H3;/q-1;;/b;12-11-;. The molecule has 51 heavy (non-hydrogen) atoms. The molecule has 0 saturated carbocycles. The van der Waals surface area contributed by atoms with Gasteiger partial charge in [-0.15, -0.1) is 47.6 Å². The summed E-state index contributed by atoms with van der Waals surface area (Å²) in [6.45, 7) is 23.4. The van der Waals surface area contributed by atoms with Gasteiger partial charge in [-0.05, 0) is 82.0 Å². The van der Waals surface area contributed by atoms with Crippen LogP contribution in [0.4, 0.5) is 0 Å². The molecular formula is C43H55IrN2O2S3-. The van der Waals surface area contributed by atoms with Crippen molar-refractivity contribution in [1.29, 1.82) is 0 Å². The second kappa shape index (κ2) is 17.6. The summed E-state index contributed by atoms with van der Waals surface area (Å²) in [7, 11) is 0. The monoisotopic (exact) mass is 920 g/mol. The van der Waals surface area contributed by atoms with E-state index in [4.69, 9.17) is 12.6 Å². The maximum atomic E-state index is 12.2. The third-order valence-electron chi connectivity index (χ3n) is 10.5. The first-order chi connectivity index (χ1) is 23.5. The molecule has 5 aromatic rings. The van der Waals surface area contributed by atoms with Crippen LogP contribution in [-0.4, -0.2) is 20.9 Å². The van der Waals surface area contributed by atoms with Crippen LogP contribution in [0.25, 0.3) is 42.7 Å². The van der Waals surface area contributed by atoms with Crippen LogP contribution >= 0.6 is 35.3 Å². The summed E-state index contributed by atoms with van der Waals surface area (Å²) in [5, 5.41) is 17.0. The minimum atomic E-state index is -0.337. The van der Waals surface area contributed by atoms with Crippen molar-refractivity contribution in [3.8, 4) is 22.5 Å². The molecule has 0 fully saturated rings. The summed E-state index contributed by atoms with van der Waals surface area (Å²) in [6.07, 6.45) is 7.49. The van der Waals surface area contributed by atoms with Gasteiger partial charge >= 0.3 is 0 Å². The summed E-state index contributed by atoms with van der Waals surface area (Å²) < 4.78 is 2.61. The number of carbonyl (C=O) groups excluding carboxylic acids is 1. The van der Waals surface area contributed by atoms with E-state index < -0.39 is 0 Å². The molecule has 0 aliphatic rings. The minimum absolute atomic E-state index is 0. The number of thiophene rings is 2. The molecule has 0 spiro atoms. The molecule has 3 aromatic heterocycles. The average molecular weight is 920 g/mol. The molecule has 4 nitrogen and oxygen atoms in total. The molecule has 0 saturated heterocycles. The van der Waals surface area contributed by atoms with Crippen molar-refractivity contribution < 1.29 is 30.0 Å². The summed E-state index contributed by atoms with van der Waals surface area (Å²) in [6, 6.07) is 14.6. The van der Waals surface area contributed by atoms with Gasteiger partial charge in [0.2, 0.25) is 0 Å². The van der Waals surface area contributed by atoms with Gasteiger partial charge in [0.05, 0.1) is 5.69 Å². The molecule has 0 aliphatic heterocycles. The van der Waals surface area contributed by atoms with Gasteiger partial charge in [0.1, 0.15) is 12.1 Å². The van der Waals surface area contributed by atoms with Crippen molar-refractivity contribution in [2.75, 3.05) is 0 Å². The molecule has 0 aliphatic carbocycles. The first-order valence-electron chi connectivity index (χ1n) is 18.0. The maximum absolute atomic E-state index is 12.2. The first kappa shape index (κ1) is 43.1. The van der Waals surface area contributed by atoms with Crippen molar-refractivity contribution in [1.82, 2.24) is 9.97 Å². The number of hydrogen-bond donors (Lipinski definition) is 2. The van der Waals surface area contributed by atoms with Crippen molar-refractivity contribution in [3.05, 3.63) is 76.4 Å². The molecule has 8 heteroatoms. The Bertz CT molecular complexity index is 1970. The third kappa shape index (κ3) is 9.61. The number of carbonyl (C=O) groups is 1. The molecule has 0 bridgehead atoms. The zero-order valence-corrected chi connectivity index (χ0v) is 37.1. The molecule has 0 amide bonds. The fourth-order valence-corrected chi connectivity index (χ4v) is 8.39. The molecule has 277 valence electrons. The number of aliphatic hydroxyl groups excluding tert-OH is 1. The number of allylic oxidation sites excluding steroid dienone is 2. The fourth-order valence-electron chi connectivity index (χ4n) is 5.99.